The number of carbonyl (C=O) groups excluding carboxylic acids is 1. The van der Waals surface area contributed by atoms with Crippen LogP contribution in [-0.4, -0.2) is 17.1 Å². The number of benzene rings is 1. The van der Waals surface area contributed by atoms with Crippen molar-refractivity contribution in [2.45, 2.75) is 37.9 Å². The molecular formula is C18H14ClF2NO3. The van der Waals surface area contributed by atoms with E-state index >= 15 is 0 Å². The number of Topliss-reactive ketones (excluding diaryl/α,β-unsaturated/α-hetero) is 1. The fourth-order valence-electron chi connectivity index (χ4n) is 3.22. The molecule has 7 heteroatoms. The van der Waals surface area contributed by atoms with Gasteiger partial charge in [-0.2, -0.15) is 0 Å². The van der Waals surface area contributed by atoms with Crippen molar-refractivity contribution in [2.24, 2.45) is 0 Å². The van der Waals surface area contributed by atoms with E-state index < -0.39 is 11.7 Å². The first-order valence-corrected chi connectivity index (χ1v) is 8.22. The van der Waals surface area contributed by atoms with Gasteiger partial charge in [0.2, 0.25) is 0 Å². The normalized spacial score (nSPS) is 18.9. The van der Waals surface area contributed by atoms with Crippen molar-refractivity contribution < 1.29 is 23.0 Å². The molecule has 4 nitrogen and oxygen atoms in total. The van der Waals surface area contributed by atoms with Crippen molar-refractivity contribution >= 4 is 17.4 Å². The molecule has 25 heavy (non-hydrogen) atoms. The summed E-state index contributed by atoms with van der Waals surface area (Å²) in [6, 6.07) is 8.07. The van der Waals surface area contributed by atoms with Gasteiger partial charge in [-0.25, -0.2) is 4.98 Å². The molecule has 130 valence electrons. The van der Waals surface area contributed by atoms with Crippen LogP contribution in [0.3, 0.4) is 0 Å². The molecule has 4 rings (SSSR count). The zero-order valence-corrected chi connectivity index (χ0v) is 14.1. The fourth-order valence-corrected chi connectivity index (χ4v) is 3.50. The molecule has 0 bridgehead atoms. The molecule has 1 fully saturated rings. The lowest BCUT2D eigenvalue weighted by atomic mass is 9.88. The molecule has 0 unspecified atom stereocenters. The number of aromatic nitrogens is 1. The van der Waals surface area contributed by atoms with Crippen LogP contribution in [0.2, 0.25) is 5.15 Å². The Labute approximate surface area is 147 Å². The smallest absolute Gasteiger partial charge is 0.395 e. The maximum atomic E-state index is 13.2. The summed E-state index contributed by atoms with van der Waals surface area (Å²) >= 11 is 5.95. The molecule has 1 aliphatic carbocycles. The first-order chi connectivity index (χ1) is 11.8. The van der Waals surface area contributed by atoms with E-state index in [1.807, 2.05) is 13.0 Å². The van der Waals surface area contributed by atoms with Gasteiger partial charge in [-0.1, -0.05) is 17.7 Å². The van der Waals surface area contributed by atoms with Crippen molar-refractivity contribution in [1.29, 1.82) is 0 Å². The molecule has 2 aliphatic rings. The number of rotatable bonds is 4. The van der Waals surface area contributed by atoms with Crippen molar-refractivity contribution in [3.8, 4) is 11.5 Å². The van der Waals surface area contributed by atoms with Gasteiger partial charge in [0.1, 0.15) is 10.9 Å². The molecule has 0 N–H and O–H groups in total. The second-order valence-electron chi connectivity index (χ2n) is 6.47. The largest absolute Gasteiger partial charge is 0.586 e. The number of halogens is 3. The minimum Gasteiger partial charge on any atom is -0.395 e. The molecule has 1 saturated carbocycles. The van der Waals surface area contributed by atoms with Crippen LogP contribution in [0.15, 0.2) is 30.3 Å². The van der Waals surface area contributed by atoms with Crippen LogP contribution in [0.4, 0.5) is 8.78 Å². The molecule has 2 heterocycles. The lowest BCUT2D eigenvalue weighted by Gasteiger charge is -2.15. The van der Waals surface area contributed by atoms with E-state index in [1.165, 1.54) is 12.1 Å². The first kappa shape index (κ1) is 16.3. The Balaban J connectivity index is 1.59. The summed E-state index contributed by atoms with van der Waals surface area (Å²) in [5, 5.41) is 0.345. The number of pyridine rings is 1. The van der Waals surface area contributed by atoms with E-state index in [0.717, 1.165) is 5.56 Å². The number of alkyl halides is 2. The third-order valence-electron chi connectivity index (χ3n) is 4.57. The first-order valence-electron chi connectivity index (χ1n) is 7.84. The van der Waals surface area contributed by atoms with Crippen LogP contribution in [0.1, 0.15) is 29.7 Å². The third kappa shape index (κ3) is 2.95. The molecule has 0 atom stereocenters. The highest BCUT2D eigenvalue weighted by Crippen LogP contribution is 2.52. The number of nitrogens with zero attached hydrogens (tertiary/aromatic N) is 1. The average Bonchev–Trinajstić information content (AvgIpc) is 3.23. The SMILES string of the molecule is Cc1cc(Cl)nc(CC(=O)C2(c3ccc4c(c3)OC(F)(F)O4)CC2)c1. The van der Waals surface area contributed by atoms with E-state index in [4.69, 9.17) is 11.6 Å². The van der Waals surface area contributed by atoms with Gasteiger partial charge >= 0.3 is 6.29 Å². The van der Waals surface area contributed by atoms with Crippen LogP contribution in [0.25, 0.3) is 0 Å². The second kappa shape index (κ2) is 5.39. The number of hydrogen-bond acceptors (Lipinski definition) is 4. The summed E-state index contributed by atoms with van der Waals surface area (Å²) in [5.41, 5.74) is 1.52. The average molecular weight is 366 g/mol. The molecule has 2 aromatic rings. The Morgan fingerprint density at radius 2 is 1.92 bits per heavy atom. The Hall–Kier alpha value is -2.21. The number of fused-ring (bicyclic) bond motifs is 1. The maximum Gasteiger partial charge on any atom is 0.586 e. The summed E-state index contributed by atoms with van der Waals surface area (Å²) < 4.78 is 35.2. The molecular weight excluding hydrogens is 352 g/mol. The third-order valence-corrected chi connectivity index (χ3v) is 4.76. The second-order valence-corrected chi connectivity index (χ2v) is 6.86. The zero-order chi connectivity index (χ0) is 17.8. The van der Waals surface area contributed by atoms with Crippen LogP contribution in [0, 0.1) is 6.92 Å². The van der Waals surface area contributed by atoms with Crippen LogP contribution in [-0.2, 0) is 16.6 Å². The zero-order valence-electron chi connectivity index (χ0n) is 13.3. The van der Waals surface area contributed by atoms with Gasteiger partial charge < -0.3 is 9.47 Å². The predicted octanol–water partition coefficient (Wildman–Crippen LogP) is 4.21. The van der Waals surface area contributed by atoms with Crippen LogP contribution >= 0.6 is 11.6 Å². The standard InChI is InChI=1S/C18H14ClF2NO3/c1-10-6-12(22-16(19)7-10)9-15(23)17(4-5-17)11-2-3-13-14(8-11)25-18(20,21)24-13/h2-3,6-8H,4-5,9H2,1H3. The van der Waals surface area contributed by atoms with E-state index in [1.54, 1.807) is 12.1 Å². The van der Waals surface area contributed by atoms with Gasteiger partial charge in [0.05, 0.1) is 5.41 Å². The van der Waals surface area contributed by atoms with Gasteiger partial charge in [0, 0.05) is 12.1 Å². The van der Waals surface area contributed by atoms with Crippen molar-refractivity contribution in [2.75, 3.05) is 0 Å². The topological polar surface area (TPSA) is 48.4 Å². The van der Waals surface area contributed by atoms with E-state index in [0.29, 0.717) is 29.3 Å². The highest BCUT2D eigenvalue weighted by atomic mass is 35.5. The van der Waals surface area contributed by atoms with Crippen LogP contribution < -0.4 is 9.47 Å². The molecule has 0 spiro atoms. The minimum atomic E-state index is -3.66. The Kier molecular flexibility index (Phi) is 3.51. The maximum absolute atomic E-state index is 13.2. The Bertz CT molecular complexity index is 860. The number of carbonyl (C=O) groups is 1. The van der Waals surface area contributed by atoms with Crippen molar-refractivity contribution in [3.05, 3.63) is 52.3 Å². The van der Waals surface area contributed by atoms with E-state index in [9.17, 15) is 13.6 Å². The van der Waals surface area contributed by atoms with Gasteiger partial charge in [-0.3, -0.25) is 4.79 Å². The fraction of sp³-hybridized carbons (Fsp3) is 0.333. The molecule has 0 saturated heterocycles. The number of hydrogen-bond donors (Lipinski definition) is 0. The number of aryl methyl sites for hydroxylation is 1. The summed E-state index contributed by atoms with van der Waals surface area (Å²) in [6.07, 6.45) is -2.18. The molecule has 0 radical (unpaired) electrons. The predicted molar refractivity (Wildman–Crippen MR) is 86.3 cm³/mol. The van der Waals surface area contributed by atoms with Gasteiger partial charge in [-0.05, 0) is 55.2 Å². The summed E-state index contributed by atoms with van der Waals surface area (Å²) in [6.45, 7) is 1.88. The summed E-state index contributed by atoms with van der Waals surface area (Å²) in [7, 11) is 0. The molecule has 0 amide bonds. The highest BCUT2D eigenvalue weighted by Gasteiger charge is 2.52. The Morgan fingerprint density at radius 3 is 2.60 bits per heavy atom. The number of ether oxygens (including phenoxy) is 2. The van der Waals surface area contributed by atoms with Crippen molar-refractivity contribution in [1.82, 2.24) is 4.98 Å². The quantitative estimate of drug-likeness (QED) is 0.762. The van der Waals surface area contributed by atoms with Gasteiger partial charge in [0.25, 0.3) is 0 Å². The molecule has 1 aromatic carbocycles. The van der Waals surface area contributed by atoms with E-state index in [-0.39, 0.29) is 23.7 Å². The van der Waals surface area contributed by atoms with E-state index in [2.05, 4.69) is 14.5 Å². The lowest BCUT2D eigenvalue weighted by Crippen LogP contribution is -2.26. The Morgan fingerprint density at radius 1 is 1.20 bits per heavy atom. The highest BCUT2D eigenvalue weighted by molar-refractivity contribution is 6.29. The minimum absolute atomic E-state index is 0.00714. The van der Waals surface area contributed by atoms with Gasteiger partial charge in [0.15, 0.2) is 11.5 Å². The summed E-state index contributed by atoms with van der Waals surface area (Å²) in [4.78, 5) is 17.0. The van der Waals surface area contributed by atoms with Crippen molar-refractivity contribution in [3.63, 3.8) is 0 Å². The number of ketones is 1. The monoisotopic (exact) mass is 365 g/mol. The van der Waals surface area contributed by atoms with Crippen LogP contribution in [0.5, 0.6) is 11.5 Å². The molecule has 1 aliphatic heterocycles. The van der Waals surface area contributed by atoms with Gasteiger partial charge in [-0.15, -0.1) is 8.78 Å². The lowest BCUT2D eigenvalue weighted by molar-refractivity contribution is -0.286. The summed E-state index contributed by atoms with van der Waals surface area (Å²) in [5.74, 6) is -0.0743. The molecule has 1 aromatic heterocycles.